The van der Waals surface area contributed by atoms with Gasteiger partial charge in [0.15, 0.2) is 11.6 Å². The van der Waals surface area contributed by atoms with Gasteiger partial charge >= 0.3 is 0 Å². The molecule has 21 heavy (non-hydrogen) atoms. The third-order valence-corrected chi connectivity index (χ3v) is 2.80. The molecule has 0 spiro atoms. The maximum atomic E-state index is 12.0. The topological polar surface area (TPSA) is 114 Å². The minimum Gasteiger partial charge on any atom is -0.342 e. The molecule has 0 saturated carbocycles. The third-order valence-electron chi connectivity index (χ3n) is 2.80. The molecule has 0 aliphatic carbocycles. The first-order chi connectivity index (χ1) is 10.1. The largest absolute Gasteiger partial charge is 0.342 e. The fourth-order valence-electron chi connectivity index (χ4n) is 1.85. The zero-order valence-electron chi connectivity index (χ0n) is 11.1. The lowest BCUT2D eigenvalue weighted by Gasteiger charge is -2.03. The molecule has 106 valence electrons. The molecule has 3 aromatic rings. The van der Waals surface area contributed by atoms with Crippen LogP contribution in [0.2, 0.25) is 0 Å². The molecule has 2 heterocycles. The van der Waals surface area contributed by atoms with Crippen molar-refractivity contribution in [3.63, 3.8) is 0 Å². The second kappa shape index (κ2) is 5.16. The van der Waals surface area contributed by atoms with Crippen LogP contribution < -0.4 is 10.9 Å². The Bertz CT molecular complexity index is 867. The number of aromatic amines is 1. The van der Waals surface area contributed by atoms with Crippen LogP contribution in [0.1, 0.15) is 22.3 Å². The van der Waals surface area contributed by atoms with Gasteiger partial charge < -0.3 is 14.8 Å². The smallest absolute Gasteiger partial charge is 0.287 e. The summed E-state index contributed by atoms with van der Waals surface area (Å²) in [6.07, 6.45) is 0. The first-order valence-corrected chi connectivity index (χ1v) is 6.20. The minimum atomic E-state index is -0.514. The molecule has 1 amide bonds. The van der Waals surface area contributed by atoms with Crippen LogP contribution in [0.5, 0.6) is 0 Å². The molecule has 0 aliphatic rings. The molecular formula is C13H11N5O3. The van der Waals surface area contributed by atoms with E-state index in [1.165, 1.54) is 0 Å². The van der Waals surface area contributed by atoms with Crippen LogP contribution in [0.3, 0.4) is 0 Å². The molecule has 8 heteroatoms. The van der Waals surface area contributed by atoms with E-state index in [4.69, 9.17) is 4.52 Å². The number of para-hydroxylation sites is 1. The second-order valence-corrected chi connectivity index (χ2v) is 4.34. The first kappa shape index (κ1) is 13.0. The number of aryl methyl sites for hydroxylation is 1. The van der Waals surface area contributed by atoms with Gasteiger partial charge in [0.2, 0.25) is 5.89 Å². The van der Waals surface area contributed by atoms with Gasteiger partial charge in [-0.2, -0.15) is 4.98 Å². The predicted octanol–water partition coefficient (Wildman–Crippen LogP) is 0.545. The van der Waals surface area contributed by atoms with Crippen LogP contribution >= 0.6 is 0 Å². The van der Waals surface area contributed by atoms with E-state index >= 15 is 0 Å². The van der Waals surface area contributed by atoms with Crippen LogP contribution in [0.25, 0.3) is 10.9 Å². The van der Waals surface area contributed by atoms with Crippen LogP contribution in [0.4, 0.5) is 0 Å². The van der Waals surface area contributed by atoms with Crippen LogP contribution in [-0.2, 0) is 6.54 Å². The van der Waals surface area contributed by atoms with Crippen molar-refractivity contribution in [1.29, 1.82) is 0 Å². The van der Waals surface area contributed by atoms with Gasteiger partial charge in [0.25, 0.3) is 11.5 Å². The second-order valence-electron chi connectivity index (χ2n) is 4.34. The Kier molecular flexibility index (Phi) is 3.19. The molecule has 0 aliphatic heterocycles. The molecule has 8 nitrogen and oxygen atoms in total. The molecule has 0 atom stereocenters. The predicted molar refractivity (Wildman–Crippen MR) is 72.6 cm³/mol. The number of aromatic nitrogens is 4. The number of rotatable bonds is 3. The molecule has 0 unspecified atom stereocenters. The van der Waals surface area contributed by atoms with Gasteiger partial charge in [-0.3, -0.25) is 9.59 Å². The molecular weight excluding hydrogens is 274 g/mol. The van der Waals surface area contributed by atoms with Crippen molar-refractivity contribution < 1.29 is 9.32 Å². The number of benzene rings is 1. The summed E-state index contributed by atoms with van der Waals surface area (Å²) in [6, 6.07) is 6.80. The molecule has 0 saturated heterocycles. The minimum absolute atomic E-state index is 0.0566. The molecule has 3 rings (SSSR count). The van der Waals surface area contributed by atoms with Gasteiger partial charge in [-0.1, -0.05) is 17.3 Å². The van der Waals surface area contributed by atoms with Gasteiger partial charge in [-0.25, -0.2) is 4.98 Å². The Hall–Kier alpha value is -3.03. The number of carbonyl (C=O) groups is 1. The number of hydrogen-bond donors (Lipinski definition) is 2. The first-order valence-electron chi connectivity index (χ1n) is 6.20. The van der Waals surface area contributed by atoms with E-state index in [-0.39, 0.29) is 17.9 Å². The summed E-state index contributed by atoms with van der Waals surface area (Å²) < 4.78 is 4.79. The number of amides is 1. The SMILES string of the molecule is Cc1nc(CNC(=O)c2nc3ccccc3c(=O)[nH]2)no1. The van der Waals surface area contributed by atoms with Crippen molar-refractivity contribution in [3.05, 3.63) is 52.2 Å². The average Bonchev–Trinajstić information content (AvgIpc) is 2.90. The Morgan fingerprint density at radius 3 is 2.90 bits per heavy atom. The fraction of sp³-hybridized carbons (Fsp3) is 0.154. The molecule has 2 N–H and O–H groups in total. The van der Waals surface area contributed by atoms with Crippen molar-refractivity contribution >= 4 is 16.8 Å². The highest BCUT2D eigenvalue weighted by atomic mass is 16.5. The highest BCUT2D eigenvalue weighted by Crippen LogP contribution is 2.05. The summed E-state index contributed by atoms with van der Waals surface area (Å²) in [6.45, 7) is 1.74. The lowest BCUT2D eigenvalue weighted by molar-refractivity contribution is 0.0939. The van der Waals surface area contributed by atoms with Crippen molar-refractivity contribution in [2.24, 2.45) is 0 Å². The van der Waals surface area contributed by atoms with Crippen LogP contribution in [-0.4, -0.2) is 26.0 Å². The van der Waals surface area contributed by atoms with Crippen molar-refractivity contribution in [2.75, 3.05) is 0 Å². The Labute approximate surface area is 118 Å². The normalized spacial score (nSPS) is 10.7. The number of H-pyrrole nitrogens is 1. The van der Waals surface area contributed by atoms with E-state index in [0.717, 1.165) is 0 Å². The van der Waals surface area contributed by atoms with E-state index in [1.807, 2.05) is 0 Å². The maximum absolute atomic E-state index is 12.0. The summed E-state index contributed by atoms with van der Waals surface area (Å²) in [5.74, 6) is 0.194. The summed E-state index contributed by atoms with van der Waals surface area (Å²) in [5, 5.41) is 6.65. The van der Waals surface area contributed by atoms with Gasteiger partial charge in [-0.05, 0) is 12.1 Å². The monoisotopic (exact) mass is 285 g/mol. The summed E-state index contributed by atoms with van der Waals surface area (Å²) in [7, 11) is 0. The summed E-state index contributed by atoms with van der Waals surface area (Å²) in [5.41, 5.74) is 0.1000. The molecule has 0 fully saturated rings. The van der Waals surface area contributed by atoms with Crippen molar-refractivity contribution in [2.45, 2.75) is 13.5 Å². The highest BCUT2D eigenvalue weighted by Gasteiger charge is 2.12. The quantitative estimate of drug-likeness (QED) is 0.726. The zero-order valence-corrected chi connectivity index (χ0v) is 11.1. The standard InChI is InChI=1S/C13H11N5O3/c1-7-15-10(18-21-7)6-14-13(20)11-16-9-5-3-2-4-8(9)12(19)17-11/h2-5H,6H2,1H3,(H,14,20)(H,16,17,19). The van der Waals surface area contributed by atoms with E-state index in [1.54, 1.807) is 31.2 Å². The van der Waals surface area contributed by atoms with Crippen molar-refractivity contribution in [3.8, 4) is 0 Å². The summed E-state index contributed by atoms with van der Waals surface area (Å²) >= 11 is 0. The Balaban J connectivity index is 1.83. The summed E-state index contributed by atoms with van der Waals surface area (Å²) in [4.78, 5) is 34.4. The molecule has 2 aromatic heterocycles. The zero-order chi connectivity index (χ0) is 14.8. The van der Waals surface area contributed by atoms with E-state index in [0.29, 0.717) is 22.6 Å². The lowest BCUT2D eigenvalue weighted by Crippen LogP contribution is -2.28. The highest BCUT2D eigenvalue weighted by molar-refractivity contribution is 5.92. The molecule has 0 radical (unpaired) electrons. The van der Waals surface area contributed by atoms with Gasteiger partial charge in [0, 0.05) is 6.92 Å². The number of fused-ring (bicyclic) bond motifs is 1. The van der Waals surface area contributed by atoms with E-state index in [9.17, 15) is 9.59 Å². The van der Waals surface area contributed by atoms with Gasteiger partial charge in [0.05, 0.1) is 17.4 Å². The van der Waals surface area contributed by atoms with Crippen LogP contribution in [0.15, 0.2) is 33.6 Å². The number of nitrogens with zero attached hydrogens (tertiary/aromatic N) is 3. The fourth-order valence-corrected chi connectivity index (χ4v) is 1.85. The molecule has 0 bridgehead atoms. The van der Waals surface area contributed by atoms with E-state index < -0.39 is 5.91 Å². The Morgan fingerprint density at radius 2 is 2.14 bits per heavy atom. The maximum Gasteiger partial charge on any atom is 0.287 e. The number of carbonyl (C=O) groups excluding carboxylic acids is 1. The molecule has 1 aromatic carbocycles. The number of hydrogen-bond acceptors (Lipinski definition) is 6. The van der Waals surface area contributed by atoms with E-state index in [2.05, 4.69) is 25.4 Å². The van der Waals surface area contributed by atoms with Crippen LogP contribution in [0, 0.1) is 6.92 Å². The third kappa shape index (κ3) is 2.64. The van der Waals surface area contributed by atoms with Crippen molar-refractivity contribution in [1.82, 2.24) is 25.4 Å². The number of nitrogens with one attached hydrogen (secondary N) is 2. The lowest BCUT2D eigenvalue weighted by atomic mass is 10.2. The van der Waals surface area contributed by atoms with Gasteiger partial charge in [-0.15, -0.1) is 0 Å². The van der Waals surface area contributed by atoms with Gasteiger partial charge in [0.1, 0.15) is 0 Å². The Morgan fingerprint density at radius 1 is 1.33 bits per heavy atom. The average molecular weight is 285 g/mol.